The van der Waals surface area contributed by atoms with Crippen molar-refractivity contribution < 1.29 is 31.8 Å². The fourth-order valence-electron chi connectivity index (χ4n) is 2.62. The average molecular weight is 467 g/mol. The van der Waals surface area contributed by atoms with Gasteiger partial charge in [-0.1, -0.05) is 35.0 Å². The normalized spacial score (nSPS) is 18.5. The zero-order valence-corrected chi connectivity index (χ0v) is 17.0. The second-order valence-electron chi connectivity index (χ2n) is 5.86. The summed E-state index contributed by atoms with van der Waals surface area (Å²) < 4.78 is 67.0. The van der Waals surface area contributed by atoms with Gasteiger partial charge in [0, 0.05) is 21.5 Å². The summed E-state index contributed by atoms with van der Waals surface area (Å²) in [5.74, 6) is -2.57. The first-order chi connectivity index (χ1) is 13.6. The van der Waals surface area contributed by atoms with Gasteiger partial charge in [-0.05, 0) is 43.3 Å². The molecule has 29 heavy (non-hydrogen) atoms. The van der Waals surface area contributed by atoms with Crippen molar-refractivity contribution in [2.24, 2.45) is 0 Å². The molecule has 0 aliphatic carbocycles. The minimum absolute atomic E-state index is 0.0241. The molecule has 0 bridgehead atoms. The van der Waals surface area contributed by atoms with Crippen LogP contribution in [0.5, 0.6) is 5.75 Å². The molecule has 0 N–H and O–H groups in total. The molecule has 1 aliphatic heterocycles. The Kier molecular flexibility index (Phi) is 6.08. The summed E-state index contributed by atoms with van der Waals surface area (Å²) >= 11 is 11.8. The Morgan fingerprint density at radius 1 is 1.21 bits per heavy atom. The molecule has 2 aromatic rings. The first-order valence-corrected chi connectivity index (χ1v) is 9.73. The second kappa shape index (κ2) is 8.08. The molecule has 0 aromatic heterocycles. The van der Waals surface area contributed by atoms with Gasteiger partial charge in [-0.3, -0.25) is 0 Å². The number of hydrogen-bond acceptors (Lipinski definition) is 4. The Morgan fingerprint density at radius 3 is 2.45 bits per heavy atom. The lowest BCUT2D eigenvalue weighted by Crippen LogP contribution is -2.52. The lowest BCUT2D eigenvalue weighted by molar-refractivity contribution is -0.201. The first-order valence-electron chi connectivity index (χ1n) is 8.16. The predicted octanol–water partition coefficient (Wildman–Crippen LogP) is 6.52. The molecule has 0 radical (unpaired) electrons. The number of carbonyl (C=O) groups excluding carboxylic acids is 1. The lowest BCUT2D eigenvalue weighted by atomic mass is 10.0. The maximum absolute atomic E-state index is 14.3. The van der Waals surface area contributed by atoms with Gasteiger partial charge in [0.1, 0.15) is 17.1 Å². The number of rotatable bonds is 4. The van der Waals surface area contributed by atoms with Gasteiger partial charge in [0.2, 0.25) is 0 Å². The molecule has 1 atom stereocenters. The highest BCUT2D eigenvalue weighted by Crippen LogP contribution is 2.54. The van der Waals surface area contributed by atoms with Crippen molar-refractivity contribution in [2.75, 3.05) is 6.61 Å². The molecular weight excluding hydrogens is 455 g/mol. The topological polar surface area (TPSA) is 35.5 Å². The maximum Gasteiger partial charge on any atom is 0.443 e. The summed E-state index contributed by atoms with van der Waals surface area (Å²) in [6.07, 6.45) is -4.11. The molecule has 0 amide bonds. The van der Waals surface area contributed by atoms with E-state index in [4.69, 9.17) is 32.7 Å². The van der Waals surface area contributed by atoms with Gasteiger partial charge in [-0.15, -0.1) is 0 Å². The van der Waals surface area contributed by atoms with E-state index in [1.165, 1.54) is 31.2 Å². The molecule has 0 fully saturated rings. The van der Waals surface area contributed by atoms with Gasteiger partial charge in [-0.2, -0.15) is 13.2 Å². The van der Waals surface area contributed by atoms with Gasteiger partial charge in [0.25, 0.3) is 4.93 Å². The highest BCUT2D eigenvalue weighted by Gasteiger charge is 2.64. The third-order valence-corrected chi connectivity index (χ3v) is 5.78. The van der Waals surface area contributed by atoms with Crippen molar-refractivity contribution in [1.29, 1.82) is 0 Å². The highest BCUT2D eigenvalue weighted by molar-refractivity contribution is 8.00. The number of ether oxygens (including phenoxy) is 2. The van der Waals surface area contributed by atoms with Crippen molar-refractivity contribution in [3.63, 3.8) is 0 Å². The van der Waals surface area contributed by atoms with Crippen LogP contribution in [0.2, 0.25) is 10.0 Å². The summed E-state index contributed by atoms with van der Waals surface area (Å²) in [6, 6.07) is 7.34. The summed E-state index contributed by atoms with van der Waals surface area (Å²) in [7, 11) is 0. The van der Waals surface area contributed by atoms with Crippen LogP contribution in [0.25, 0.3) is 6.08 Å². The standard InChI is InChI=1S/C19H12Cl2F4O3S/c1-2-27-17(26)13-7-10-8-14(21)15(22)9-16(10)28-18(13,19(23,24)25)29-12-5-3-11(20)4-6-12/h3-9H,2H2,1H3. The van der Waals surface area contributed by atoms with E-state index >= 15 is 0 Å². The highest BCUT2D eigenvalue weighted by atomic mass is 35.5. The number of thioether (sulfide) groups is 1. The van der Waals surface area contributed by atoms with Crippen molar-refractivity contribution >= 4 is 47.0 Å². The van der Waals surface area contributed by atoms with Crippen molar-refractivity contribution in [1.82, 2.24) is 0 Å². The first kappa shape index (κ1) is 21.8. The summed E-state index contributed by atoms with van der Waals surface area (Å²) in [6.45, 7) is 1.32. The minimum atomic E-state index is -5.07. The van der Waals surface area contributed by atoms with Crippen LogP contribution in [0.4, 0.5) is 17.6 Å². The third kappa shape index (κ3) is 4.20. The number of alkyl halides is 3. The van der Waals surface area contributed by atoms with Crippen LogP contribution in [0.1, 0.15) is 12.5 Å². The van der Waals surface area contributed by atoms with E-state index in [1.807, 2.05) is 0 Å². The lowest BCUT2D eigenvalue weighted by Gasteiger charge is -2.39. The van der Waals surface area contributed by atoms with Gasteiger partial charge in [0.05, 0.1) is 11.6 Å². The van der Waals surface area contributed by atoms with Crippen molar-refractivity contribution in [2.45, 2.75) is 22.9 Å². The molecule has 10 heteroatoms. The number of carbonyl (C=O) groups is 1. The fourth-order valence-corrected chi connectivity index (χ4v) is 4.02. The van der Waals surface area contributed by atoms with Crippen LogP contribution in [0, 0.1) is 5.82 Å². The van der Waals surface area contributed by atoms with Crippen LogP contribution in [0.3, 0.4) is 0 Å². The van der Waals surface area contributed by atoms with Crippen LogP contribution in [0.15, 0.2) is 46.9 Å². The summed E-state index contributed by atoms with van der Waals surface area (Å²) in [4.78, 5) is 9.41. The molecule has 0 saturated heterocycles. The smallest absolute Gasteiger partial charge is 0.443 e. The van der Waals surface area contributed by atoms with Crippen LogP contribution >= 0.6 is 35.0 Å². The van der Waals surface area contributed by atoms with E-state index in [0.717, 1.165) is 18.2 Å². The van der Waals surface area contributed by atoms with Crippen molar-refractivity contribution in [3.05, 3.63) is 63.4 Å². The van der Waals surface area contributed by atoms with Gasteiger partial charge >= 0.3 is 12.1 Å². The quantitative estimate of drug-likeness (QED) is 0.379. The molecule has 1 heterocycles. The number of hydrogen-bond donors (Lipinski definition) is 0. The largest absolute Gasteiger partial charge is 0.462 e. The van der Waals surface area contributed by atoms with Gasteiger partial charge in [0.15, 0.2) is 0 Å². The van der Waals surface area contributed by atoms with E-state index in [-0.39, 0.29) is 33.9 Å². The van der Waals surface area contributed by atoms with Crippen molar-refractivity contribution in [3.8, 4) is 5.75 Å². The zero-order valence-electron chi connectivity index (χ0n) is 14.6. The Balaban J connectivity index is 2.22. The second-order valence-corrected chi connectivity index (χ2v) is 7.95. The van der Waals surface area contributed by atoms with E-state index in [1.54, 1.807) is 0 Å². The molecule has 1 aliphatic rings. The van der Waals surface area contributed by atoms with E-state index in [0.29, 0.717) is 5.02 Å². The maximum atomic E-state index is 14.3. The van der Waals surface area contributed by atoms with E-state index in [2.05, 4.69) is 0 Å². The third-order valence-electron chi connectivity index (χ3n) is 3.90. The molecular formula is C19H12Cl2F4O3S. The van der Waals surface area contributed by atoms with Gasteiger partial charge in [-0.25, -0.2) is 9.18 Å². The Bertz CT molecular complexity index is 977. The molecule has 2 aromatic carbocycles. The molecule has 3 rings (SSSR count). The number of esters is 1. The SMILES string of the molecule is CCOC(=O)C1=Cc2cc(Cl)c(F)cc2OC1(Sc1ccc(Cl)cc1)C(F)(F)F. The molecule has 154 valence electrons. The minimum Gasteiger partial charge on any atom is -0.462 e. The van der Waals surface area contributed by atoms with E-state index < -0.39 is 34.2 Å². The molecule has 3 nitrogen and oxygen atoms in total. The molecule has 1 unspecified atom stereocenters. The predicted molar refractivity (Wildman–Crippen MR) is 103 cm³/mol. The Morgan fingerprint density at radius 2 is 1.86 bits per heavy atom. The molecule has 0 saturated carbocycles. The number of halogens is 6. The van der Waals surface area contributed by atoms with Crippen LogP contribution in [-0.2, 0) is 9.53 Å². The average Bonchev–Trinajstić information content (AvgIpc) is 2.63. The monoisotopic (exact) mass is 466 g/mol. The molecule has 0 spiro atoms. The van der Waals surface area contributed by atoms with Crippen LogP contribution < -0.4 is 4.74 Å². The number of benzene rings is 2. The summed E-state index contributed by atoms with van der Waals surface area (Å²) in [5.41, 5.74) is -0.766. The fraction of sp³-hybridized carbons (Fsp3) is 0.211. The summed E-state index contributed by atoms with van der Waals surface area (Å²) in [5, 5.41) is -0.000130. The van der Waals surface area contributed by atoms with E-state index in [9.17, 15) is 22.4 Å². The van der Waals surface area contributed by atoms with Gasteiger partial charge < -0.3 is 9.47 Å². The zero-order chi connectivity index (χ0) is 21.4. The number of fused-ring (bicyclic) bond motifs is 1. The van der Waals surface area contributed by atoms with Crippen LogP contribution in [-0.4, -0.2) is 23.7 Å². The Hall–Kier alpha value is -1.90. The Labute approximate surface area is 177 Å².